The van der Waals surface area contributed by atoms with Crippen molar-refractivity contribution in [1.82, 2.24) is 14.5 Å². The van der Waals surface area contributed by atoms with Crippen molar-refractivity contribution in [1.29, 1.82) is 0 Å². The van der Waals surface area contributed by atoms with Crippen LogP contribution in [-0.4, -0.2) is 58.3 Å². The van der Waals surface area contributed by atoms with Crippen molar-refractivity contribution in [2.75, 3.05) is 31.3 Å². The van der Waals surface area contributed by atoms with Crippen molar-refractivity contribution < 1.29 is 14.6 Å². The number of imidazole rings is 1. The first-order valence-corrected chi connectivity index (χ1v) is 11.8. The minimum Gasteiger partial charge on any atom is -0.493 e. The molecule has 2 fully saturated rings. The van der Waals surface area contributed by atoms with E-state index in [1.807, 2.05) is 51.9 Å². The van der Waals surface area contributed by atoms with Crippen LogP contribution < -0.4 is 15.4 Å². The number of aliphatic hydroxyl groups excluding tert-OH is 1. The predicted molar refractivity (Wildman–Crippen MR) is 131 cm³/mol. The normalized spacial score (nSPS) is 22.1. The zero-order valence-electron chi connectivity index (χ0n) is 19.2. The molecule has 2 atom stereocenters. The van der Waals surface area contributed by atoms with Gasteiger partial charge in [-0.3, -0.25) is 4.57 Å². The minimum absolute atomic E-state index is 0.0286. The lowest BCUT2D eigenvalue weighted by molar-refractivity contribution is -0.120. The first-order chi connectivity index (χ1) is 16.5. The molecule has 4 aromatic rings. The van der Waals surface area contributed by atoms with Crippen LogP contribution in [0.15, 0.2) is 54.9 Å². The van der Waals surface area contributed by atoms with Gasteiger partial charge >= 0.3 is 0 Å². The van der Waals surface area contributed by atoms with Gasteiger partial charge in [0.05, 0.1) is 42.1 Å². The molecule has 8 nitrogen and oxygen atoms in total. The molecule has 0 amide bonds. The lowest BCUT2D eigenvalue weighted by atomic mass is 9.90. The third-order valence-corrected chi connectivity index (χ3v) is 6.86. The van der Waals surface area contributed by atoms with E-state index >= 15 is 0 Å². The fourth-order valence-electron chi connectivity index (χ4n) is 4.79. The lowest BCUT2D eigenvalue weighted by Gasteiger charge is -2.37. The summed E-state index contributed by atoms with van der Waals surface area (Å²) in [5.74, 6) is 1.58. The number of nitrogens with zero attached hydrogens (tertiary/aromatic N) is 4. The molecule has 0 aliphatic carbocycles. The quantitative estimate of drug-likeness (QED) is 0.473. The van der Waals surface area contributed by atoms with Crippen molar-refractivity contribution in [2.24, 2.45) is 11.1 Å². The van der Waals surface area contributed by atoms with Crippen LogP contribution in [-0.2, 0) is 4.74 Å². The summed E-state index contributed by atoms with van der Waals surface area (Å²) in [7, 11) is 0. The lowest BCUT2D eigenvalue weighted by Crippen LogP contribution is -2.47. The van der Waals surface area contributed by atoms with Gasteiger partial charge in [-0.1, -0.05) is 19.1 Å². The van der Waals surface area contributed by atoms with Gasteiger partial charge in [-0.15, -0.1) is 0 Å². The van der Waals surface area contributed by atoms with Crippen molar-refractivity contribution in [3.8, 4) is 11.6 Å². The van der Waals surface area contributed by atoms with Crippen LogP contribution in [0.4, 0.5) is 5.69 Å². The van der Waals surface area contributed by atoms with Crippen molar-refractivity contribution in [3.63, 3.8) is 0 Å². The maximum absolute atomic E-state index is 10.7. The number of hydrogen-bond acceptors (Lipinski definition) is 7. The Morgan fingerprint density at radius 3 is 2.88 bits per heavy atom. The highest BCUT2D eigenvalue weighted by Gasteiger charge is 2.34. The molecular formula is C26H29N5O3. The molecule has 176 valence electrons. The minimum atomic E-state index is -0.610. The number of hydrogen-bond donors (Lipinski definition) is 2. The van der Waals surface area contributed by atoms with Gasteiger partial charge in [-0.05, 0) is 36.8 Å². The van der Waals surface area contributed by atoms with Crippen LogP contribution in [0.5, 0.6) is 5.75 Å². The molecule has 2 aliphatic heterocycles. The number of benzene rings is 2. The van der Waals surface area contributed by atoms with Crippen LogP contribution in [0.25, 0.3) is 27.8 Å². The summed E-state index contributed by atoms with van der Waals surface area (Å²) in [5.41, 5.74) is 9.73. The summed E-state index contributed by atoms with van der Waals surface area (Å²) in [6, 6.07) is 16.1. The number of rotatable bonds is 5. The second-order valence-corrected chi connectivity index (χ2v) is 9.83. The van der Waals surface area contributed by atoms with E-state index in [4.69, 9.17) is 20.2 Å². The molecule has 2 saturated heterocycles. The zero-order chi connectivity index (χ0) is 23.3. The Morgan fingerprint density at radius 1 is 1.21 bits per heavy atom. The monoisotopic (exact) mass is 459 g/mol. The number of anilines is 1. The SMILES string of the molecule is CC1(COc2ccc3c(c2)ncn3-c2ccc3cccc(N4CCC(N)CC4O)c3n2)COC1. The molecule has 0 radical (unpaired) electrons. The molecule has 34 heavy (non-hydrogen) atoms. The summed E-state index contributed by atoms with van der Waals surface area (Å²) < 4.78 is 13.3. The second kappa shape index (κ2) is 8.23. The third kappa shape index (κ3) is 3.77. The molecule has 0 spiro atoms. The van der Waals surface area contributed by atoms with Crippen molar-refractivity contribution >= 4 is 27.6 Å². The summed E-state index contributed by atoms with van der Waals surface area (Å²) in [6.07, 6.45) is 2.58. The highest BCUT2D eigenvalue weighted by molar-refractivity contribution is 5.92. The second-order valence-electron chi connectivity index (χ2n) is 9.83. The Bertz CT molecular complexity index is 1350. The maximum Gasteiger partial charge on any atom is 0.139 e. The topological polar surface area (TPSA) is 98.7 Å². The van der Waals surface area contributed by atoms with Gasteiger partial charge < -0.3 is 25.2 Å². The van der Waals surface area contributed by atoms with Crippen molar-refractivity contribution in [2.45, 2.75) is 32.0 Å². The van der Waals surface area contributed by atoms with Crippen LogP contribution in [0.2, 0.25) is 0 Å². The Labute approximate surface area is 197 Å². The molecular weight excluding hydrogens is 430 g/mol. The number of aliphatic hydroxyl groups is 1. The highest BCUT2D eigenvalue weighted by atomic mass is 16.5. The number of pyridine rings is 1. The molecule has 6 rings (SSSR count). The first-order valence-electron chi connectivity index (χ1n) is 11.8. The van der Waals surface area contributed by atoms with Crippen LogP contribution in [0.1, 0.15) is 19.8 Å². The van der Waals surface area contributed by atoms with Gasteiger partial charge in [0.1, 0.15) is 24.1 Å². The van der Waals surface area contributed by atoms with Crippen LogP contribution >= 0.6 is 0 Å². The van der Waals surface area contributed by atoms with Crippen LogP contribution in [0.3, 0.4) is 0 Å². The van der Waals surface area contributed by atoms with Crippen LogP contribution in [0, 0.1) is 5.41 Å². The van der Waals surface area contributed by atoms with E-state index < -0.39 is 6.23 Å². The number of para-hydroxylation sites is 1. The van der Waals surface area contributed by atoms with E-state index in [1.54, 1.807) is 6.33 Å². The summed E-state index contributed by atoms with van der Waals surface area (Å²) in [4.78, 5) is 11.6. The average molecular weight is 460 g/mol. The zero-order valence-corrected chi connectivity index (χ0v) is 19.2. The van der Waals surface area contributed by atoms with E-state index in [-0.39, 0.29) is 11.5 Å². The molecule has 2 aromatic carbocycles. The smallest absolute Gasteiger partial charge is 0.139 e. The third-order valence-electron chi connectivity index (χ3n) is 6.86. The summed E-state index contributed by atoms with van der Waals surface area (Å²) in [6.45, 7) is 4.97. The van der Waals surface area contributed by atoms with E-state index in [9.17, 15) is 5.11 Å². The van der Waals surface area contributed by atoms with Crippen molar-refractivity contribution in [3.05, 3.63) is 54.9 Å². The standard InChI is InChI=1S/C26H29N5O3/c1-26(13-33-14-26)15-34-19-6-7-21-20(12-19)28-16-31(21)23-8-5-17-3-2-4-22(25(17)29-23)30-10-9-18(27)11-24(30)32/h2-8,12,16,18,24,32H,9-11,13-15,27H2,1H3. The molecule has 2 aliphatic rings. The summed E-state index contributed by atoms with van der Waals surface area (Å²) >= 11 is 0. The Hall–Kier alpha value is -3.20. The molecule has 8 heteroatoms. The molecule has 2 unspecified atom stereocenters. The van der Waals surface area contributed by atoms with Gasteiger partial charge in [0.2, 0.25) is 0 Å². The van der Waals surface area contributed by atoms with E-state index in [2.05, 4.69) is 18.0 Å². The number of piperidine rings is 1. The fraction of sp³-hybridized carbons (Fsp3) is 0.385. The molecule has 2 aromatic heterocycles. The molecule has 4 heterocycles. The summed E-state index contributed by atoms with van der Waals surface area (Å²) in [5, 5.41) is 11.7. The van der Waals surface area contributed by atoms with E-state index in [0.717, 1.165) is 58.8 Å². The molecule has 3 N–H and O–H groups in total. The highest BCUT2D eigenvalue weighted by Crippen LogP contribution is 2.32. The first kappa shape index (κ1) is 21.3. The number of nitrogens with two attached hydrogens (primary N) is 1. The van der Waals surface area contributed by atoms with Gasteiger partial charge in [-0.25, -0.2) is 9.97 Å². The van der Waals surface area contributed by atoms with Gasteiger partial charge in [0.15, 0.2) is 0 Å². The Balaban J connectivity index is 1.33. The Kier molecular flexibility index (Phi) is 5.17. The average Bonchev–Trinajstić information content (AvgIpc) is 3.24. The Morgan fingerprint density at radius 2 is 2.09 bits per heavy atom. The van der Waals surface area contributed by atoms with E-state index in [0.29, 0.717) is 19.6 Å². The fourth-order valence-corrected chi connectivity index (χ4v) is 4.79. The largest absolute Gasteiger partial charge is 0.493 e. The number of aromatic nitrogens is 3. The predicted octanol–water partition coefficient (Wildman–Crippen LogP) is 3.23. The molecule has 0 bridgehead atoms. The number of ether oxygens (including phenoxy) is 2. The van der Waals surface area contributed by atoms with Gasteiger partial charge in [0.25, 0.3) is 0 Å². The van der Waals surface area contributed by atoms with Gasteiger partial charge in [0, 0.05) is 35.9 Å². The maximum atomic E-state index is 10.7. The number of fused-ring (bicyclic) bond motifs is 2. The van der Waals surface area contributed by atoms with E-state index in [1.165, 1.54) is 0 Å². The van der Waals surface area contributed by atoms with Gasteiger partial charge in [-0.2, -0.15) is 0 Å². The molecule has 0 saturated carbocycles.